The molecule has 1 aliphatic heterocycles. The average molecular weight is 427 g/mol. The molecule has 2 aromatic carbocycles. The molecule has 2 aromatic rings. The SMILES string of the molecule is COC1(c2cccc(C#Cc3cc(F)cc(F)c3CC(C)(C)C(N)=O)c2)CCOCC1. The van der Waals surface area contributed by atoms with E-state index in [-0.39, 0.29) is 17.5 Å². The van der Waals surface area contributed by atoms with Crippen molar-refractivity contribution >= 4 is 5.91 Å². The standard InChI is InChI=1S/C25H27F2NO3/c1-24(2,23(28)29)16-21-18(14-20(26)15-22(21)27)8-7-17-5-4-6-19(13-17)25(30-3)9-11-31-12-10-25/h4-6,13-15H,9-12,16H2,1-3H3,(H2,28,29). The Kier molecular flexibility index (Phi) is 6.78. The number of rotatable bonds is 5. The van der Waals surface area contributed by atoms with Crippen LogP contribution in [0.2, 0.25) is 0 Å². The molecule has 0 unspecified atom stereocenters. The lowest BCUT2D eigenvalue weighted by Crippen LogP contribution is -2.35. The molecule has 31 heavy (non-hydrogen) atoms. The van der Waals surface area contributed by atoms with Gasteiger partial charge in [-0.25, -0.2) is 8.78 Å². The summed E-state index contributed by atoms with van der Waals surface area (Å²) < 4.78 is 39.7. The zero-order valence-corrected chi connectivity index (χ0v) is 18.1. The van der Waals surface area contributed by atoms with Crippen LogP contribution in [0.1, 0.15) is 48.9 Å². The van der Waals surface area contributed by atoms with Gasteiger partial charge in [-0.15, -0.1) is 0 Å². The van der Waals surface area contributed by atoms with Gasteiger partial charge >= 0.3 is 0 Å². The monoisotopic (exact) mass is 427 g/mol. The molecule has 164 valence electrons. The van der Waals surface area contributed by atoms with E-state index in [1.165, 1.54) is 6.07 Å². The first-order chi connectivity index (χ1) is 14.7. The average Bonchev–Trinajstić information content (AvgIpc) is 2.75. The van der Waals surface area contributed by atoms with Gasteiger partial charge in [-0.1, -0.05) is 37.8 Å². The van der Waals surface area contributed by atoms with E-state index in [0.29, 0.717) is 18.8 Å². The highest BCUT2D eigenvalue weighted by Gasteiger charge is 2.34. The summed E-state index contributed by atoms with van der Waals surface area (Å²) in [6.07, 6.45) is 1.50. The second kappa shape index (κ2) is 9.17. The quantitative estimate of drug-likeness (QED) is 0.732. The van der Waals surface area contributed by atoms with Crippen molar-refractivity contribution in [1.29, 1.82) is 0 Å². The largest absolute Gasteiger partial charge is 0.381 e. The lowest BCUT2D eigenvalue weighted by Gasteiger charge is -2.36. The topological polar surface area (TPSA) is 61.5 Å². The van der Waals surface area contributed by atoms with Crippen molar-refractivity contribution in [3.63, 3.8) is 0 Å². The molecule has 1 saturated heterocycles. The predicted molar refractivity (Wildman–Crippen MR) is 114 cm³/mol. The van der Waals surface area contributed by atoms with E-state index in [1.54, 1.807) is 21.0 Å². The van der Waals surface area contributed by atoms with Crippen molar-refractivity contribution in [2.24, 2.45) is 11.1 Å². The third-order valence-electron chi connectivity index (χ3n) is 5.87. The minimum Gasteiger partial charge on any atom is -0.381 e. The third-order valence-corrected chi connectivity index (χ3v) is 5.87. The van der Waals surface area contributed by atoms with E-state index in [1.807, 2.05) is 24.3 Å². The van der Waals surface area contributed by atoms with Gasteiger partial charge in [0.25, 0.3) is 0 Å². The molecule has 0 spiro atoms. The van der Waals surface area contributed by atoms with Crippen molar-refractivity contribution < 1.29 is 23.0 Å². The van der Waals surface area contributed by atoms with Gasteiger partial charge in [0.05, 0.1) is 5.60 Å². The van der Waals surface area contributed by atoms with Gasteiger partial charge in [0.2, 0.25) is 5.91 Å². The maximum absolute atomic E-state index is 14.5. The molecule has 0 aliphatic carbocycles. The minimum absolute atomic E-state index is 0.0191. The Bertz CT molecular complexity index is 1030. The van der Waals surface area contributed by atoms with Crippen molar-refractivity contribution in [2.45, 2.75) is 38.7 Å². The number of primary amides is 1. The van der Waals surface area contributed by atoms with Crippen LogP contribution < -0.4 is 5.73 Å². The zero-order chi connectivity index (χ0) is 22.6. The summed E-state index contributed by atoms with van der Waals surface area (Å²) in [6, 6.07) is 9.63. The summed E-state index contributed by atoms with van der Waals surface area (Å²) in [5.74, 6) is 3.86. The van der Waals surface area contributed by atoms with Gasteiger partial charge in [0, 0.05) is 61.3 Å². The molecule has 0 bridgehead atoms. The molecule has 2 N–H and O–H groups in total. The van der Waals surface area contributed by atoms with Gasteiger partial charge in [-0.2, -0.15) is 0 Å². The first-order valence-corrected chi connectivity index (χ1v) is 10.2. The van der Waals surface area contributed by atoms with Crippen LogP contribution >= 0.6 is 0 Å². The van der Waals surface area contributed by atoms with Crippen molar-refractivity contribution in [2.75, 3.05) is 20.3 Å². The summed E-state index contributed by atoms with van der Waals surface area (Å²) in [7, 11) is 1.69. The van der Waals surface area contributed by atoms with Crippen LogP contribution in [-0.2, 0) is 26.3 Å². The van der Waals surface area contributed by atoms with E-state index >= 15 is 0 Å². The summed E-state index contributed by atoms with van der Waals surface area (Å²) in [5.41, 5.74) is 6.07. The van der Waals surface area contributed by atoms with Crippen LogP contribution in [0.3, 0.4) is 0 Å². The summed E-state index contributed by atoms with van der Waals surface area (Å²) >= 11 is 0. The van der Waals surface area contributed by atoms with Crippen LogP contribution in [0.4, 0.5) is 8.78 Å². The molecular weight excluding hydrogens is 400 g/mol. The number of ether oxygens (including phenoxy) is 2. The fourth-order valence-corrected chi connectivity index (χ4v) is 3.76. The van der Waals surface area contributed by atoms with Crippen molar-refractivity contribution in [1.82, 2.24) is 0 Å². The molecule has 4 nitrogen and oxygen atoms in total. The second-order valence-corrected chi connectivity index (χ2v) is 8.48. The predicted octanol–water partition coefficient (Wildman–Crippen LogP) is 4.07. The van der Waals surface area contributed by atoms with Crippen LogP contribution in [0.25, 0.3) is 0 Å². The van der Waals surface area contributed by atoms with Gasteiger partial charge in [0.15, 0.2) is 0 Å². The number of methoxy groups -OCH3 is 1. The first-order valence-electron chi connectivity index (χ1n) is 10.2. The smallest absolute Gasteiger partial charge is 0.223 e. The highest BCUT2D eigenvalue weighted by Crippen LogP contribution is 2.35. The third kappa shape index (κ3) is 5.12. The number of halogens is 2. The van der Waals surface area contributed by atoms with Crippen LogP contribution in [-0.4, -0.2) is 26.2 Å². The molecule has 0 aromatic heterocycles. The van der Waals surface area contributed by atoms with E-state index in [0.717, 1.165) is 24.5 Å². The fraction of sp³-hybridized carbons (Fsp3) is 0.400. The Labute approximate surface area is 181 Å². The number of nitrogens with two attached hydrogens (primary N) is 1. The van der Waals surface area contributed by atoms with Gasteiger partial charge in [0.1, 0.15) is 11.6 Å². The molecular formula is C25H27F2NO3. The molecule has 1 fully saturated rings. The number of amides is 1. The van der Waals surface area contributed by atoms with Crippen molar-refractivity contribution in [3.05, 3.63) is 70.3 Å². The Morgan fingerprint density at radius 3 is 2.55 bits per heavy atom. The number of hydrogen-bond donors (Lipinski definition) is 1. The van der Waals surface area contributed by atoms with E-state index in [4.69, 9.17) is 15.2 Å². The van der Waals surface area contributed by atoms with E-state index in [9.17, 15) is 13.6 Å². The molecule has 0 saturated carbocycles. The normalized spacial score (nSPS) is 15.8. The van der Waals surface area contributed by atoms with Crippen molar-refractivity contribution in [3.8, 4) is 11.8 Å². The molecule has 3 rings (SSSR count). The molecule has 0 radical (unpaired) electrons. The second-order valence-electron chi connectivity index (χ2n) is 8.48. The summed E-state index contributed by atoms with van der Waals surface area (Å²) in [4.78, 5) is 11.7. The van der Waals surface area contributed by atoms with Gasteiger partial charge in [-0.05, 0) is 30.2 Å². The Balaban J connectivity index is 1.98. The molecule has 1 aliphatic rings. The Morgan fingerprint density at radius 1 is 1.19 bits per heavy atom. The van der Waals surface area contributed by atoms with E-state index < -0.39 is 28.6 Å². The number of hydrogen-bond acceptors (Lipinski definition) is 3. The number of carbonyl (C=O) groups is 1. The highest BCUT2D eigenvalue weighted by atomic mass is 19.1. The number of carbonyl (C=O) groups excluding carboxylic acids is 1. The maximum atomic E-state index is 14.5. The molecule has 0 atom stereocenters. The maximum Gasteiger partial charge on any atom is 0.223 e. The molecule has 1 amide bonds. The summed E-state index contributed by atoms with van der Waals surface area (Å²) in [6.45, 7) is 4.48. The van der Waals surface area contributed by atoms with Crippen LogP contribution in [0.5, 0.6) is 0 Å². The molecule has 1 heterocycles. The Morgan fingerprint density at radius 2 is 1.90 bits per heavy atom. The van der Waals surface area contributed by atoms with Gasteiger partial charge in [-0.3, -0.25) is 4.79 Å². The molecule has 6 heteroatoms. The zero-order valence-electron chi connectivity index (χ0n) is 18.1. The van der Waals surface area contributed by atoms with Crippen LogP contribution in [0, 0.1) is 28.9 Å². The Hall–Kier alpha value is -2.75. The minimum atomic E-state index is -0.997. The summed E-state index contributed by atoms with van der Waals surface area (Å²) in [5, 5.41) is 0. The van der Waals surface area contributed by atoms with E-state index in [2.05, 4.69) is 11.8 Å². The lowest BCUT2D eigenvalue weighted by molar-refractivity contribution is -0.125. The lowest BCUT2D eigenvalue weighted by atomic mass is 9.83. The highest BCUT2D eigenvalue weighted by molar-refractivity contribution is 5.80. The first kappa shape index (κ1) is 22.9. The van der Waals surface area contributed by atoms with Crippen LogP contribution in [0.15, 0.2) is 36.4 Å². The van der Waals surface area contributed by atoms with Gasteiger partial charge < -0.3 is 15.2 Å². The number of benzene rings is 2. The fourth-order valence-electron chi connectivity index (χ4n) is 3.76.